The van der Waals surface area contributed by atoms with Gasteiger partial charge in [0.1, 0.15) is 5.75 Å². The molecule has 1 aliphatic carbocycles. The van der Waals surface area contributed by atoms with Crippen LogP contribution in [0.3, 0.4) is 0 Å². The van der Waals surface area contributed by atoms with Crippen LogP contribution in [-0.2, 0) is 21.2 Å². The van der Waals surface area contributed by atoms with E-state index in [0.29, 0.717) is 39.4 Å². The number of ether oxygens (including phenoxy) is 2. The smallest absolute Gasteiger partial charge is 0.242 e. The number of methoxy groups -OCH3 is 1. The highest BCUT2D eigenvalue weighted by Gasteiger charge is 2.42. The summed E-state index contributed by atoms with van der Waals surface area (Å²) in [5, 5.41) is 12.9. The number of nitrogens with zero attached hydrogens (tertiary/aromatic N) is 1. The molecule has 0 atom stereocenters. The Hall–Kier alpha value is -2.95. The fourth-order valence-corrected chi connectivity index (χ4v) is 8.56. The van der Waals surface area contributed by atoms with Crippen molar-refractivity contribution >= 4 is 42.8 Å². The van der Waals surface area contributed by atoms with Crippen molar-refractivity contribution in [2.45, 2.75) is 68.4 Å². The van der Waals surface area contributed by atoms with Gasteiger partial charge in [-0.3, -0.25) is 0 Å². The molecule has 2 aliphatic heterocycles. The number of likely N-dealkylation sites (tertiary alicyclic amines) is 1. The molecule has 1 spiro atoms. The number of thiophene rings is 1. The number of fused-ring (bicyclic) bond motifs is 1. The van der Waals surface area contributed by atoms with Gasteiger partial charge in [-0.2, -0.15) is 0 Å². The number of nitrogens with one attached hydrogen (secondary N) is 2. The summed E-state index contributed by atoms with van der Waals surface area (Å²) in [6, 6.07) is 11.1. The van der Waals surface area contributed by atoms with E-state index < -0.39 is 16.4 Å². The van der Waals surface area contributed by atoms with Crippen LogP contribution in [0.5, 0.6) is 5.75 Å². The van der Waals surface area contributed by atoms with E-state index in [1.54, 1.807) is 6.07 Å². The van der Waals surface area contributed by atoms with Crippen LogP contribution in [0.2, 0.25) is 0 Å². The molecule has 8 nitrogen and oxygen atoms in total. The Kier molecular flexibility index (Phi) is 9.54. The summed E-state index contributed by atoms with van der Waals surface area (Å²) >= 11 is 1.45. The molecule has 1 saturated carbocycles. The molecule has 0 bridgehead atoms. The Morgan fingerprint density at radius 1 is 1.13 bits per heavy atom. The SMILES string of the molecule is COc1cc(S(N)(=O)=O)ccc1NCC#Cc1sc2c(NC3CCC(N4CCC5(CC4)COC5)CC3)cccc2c1CC(F)F. The molecule has 1 aromatic heterocycles. The zero-order valence-electron chi connectivity index (χ0n) is 25.4. The highest BCUT2D eigenvalue weighted by Crippen LogP contribution is 2.41. The van der Waals surface area contributed by atoms with Gasteiger partial charge >= 0.3 is 0 Å². The number of anilines is 2. The third-order valence-corrected chi connectivity index (χ3v) is 11.6. The molecule has 3 aliphatic rings. The number of halogens is 2. The highest BCUT2D eigenvalue weighted by atomic mass is 32.2. The number of rotatable bonds is 9. The second kappa shape index (κ2) is 13.4. The quantitative estimate of drug-likeness (QED) is 0.255. The first-order valence-electron chi connectivity index (χ1n) is 15.5. The van der Waals surface area contributed by atoms with Gasteiger partial charge in [-0.05, 0) is 80.8 Å². The van der Waals surface area contributed by atoms with Crippen LogP contribution in [0, 0.1) is 17.3 Å². The Bertz CT molecular complexity index is 1680. The van der Waals surface area contributed by atoms with Gasteiger partial charge in [0.05, 0.1) is 52.7 Å². The average molecular weight is 659 g/mol. The van der Waals surface area contributed by atoms with Gasteiger partial charge in [0.2, 0.25) is 16.4 Å². The number of sulfonamides is 1. The summed E-state index contributed by atoms with van der Waals surface area (Å²) in [5.74, 6) is 6.46. The lowest BCUT2D eigenvalue weighted by Gasteiger charge is -2.49. The van der Waals surface area contributed by atoms with Gasteiger partial charge in [-0.15, -0.1) is 11.3 Å². The van der Waals surface area contributed by atoms with Crippen LogP contribution in [-0.4, -0.2) is 71.8 Å². The van der Waals surface area contributed by atoms with Crippen LogP contribution in [0.15, 0.2) is 41.3 Å². The Labute approximate surface area is 267 Å². The maximum Gasteiger partial charge on any atom is 0.242 e. The van der Waals surface area contributed by atoms with E-state index in [4.69, 9.17) is 14.6 Å². The van der Waals surface area contributed by atoms with Crippen LogP contribution in [0.4, 0.5) is 20.2 Å². The van der Waals surface area contributed by atoms with E-state index in [-0.39, 0.29) is 17.9 Å². The molecule has 3 fully saturated rings. The van der Waals surface area contributed by atoms with E-state index in [2.05, 4.69) is 27.4 Å². The lowest BCUT2D eigenvalue weighted by atomic mass is 9.76. The average Bonchev–Trinajstić information content (AvgIpc) is 3.35. The van der Waals surface area contributed by atoms with Gasteiger partial charge < -0.3 is 25.0 Å². The first-order valence-corrected chi connectivity index (χ1v) is 17.8. The first-order chi connectivity index (χ1) is 21.6. The Balaban J connectivity index is 1.12. The summed E-state index contributed by atoms with van der Waals surface area (Å²) < 4.78 is 62.5. The molecule has 2 saturated heterocycles. The van der Waals surface area contributed by atoms with Crippen molar-refractivity contribution < 1.29 is 26.7 Å². The number of benzene rings is 2. The van der Waals surface area contributed by atoms with Crippen LogP contribution < -0.4 is 20.5 Å². The van der Waals surface area contributed by atoms with E-state index in [1.165, 1.54) is 56.5 Å². The highest BCUT2D eigenvalue weighted by molar-refractivity contribution is 7.89. The van der Waals surface area contributed by atoms with Crippen molar-refractivity contribution in [2.24, 2.45) is 10.6 Å². The number of piperidine rings is 1. The molecule has 4 N–H and O–H groups in total. The summed E-state index contributed by atoms with van der Waals surface area (Å²) in [4.78, 5) is 3.25. The number of primary sulfonamides is 1. The Morgan fingerprint density at radius 3 is 2.53 bits per heavy atom. The fourth-order valence-electron chi connectivity index (χ4n) is 6.85. The van der Waals surface area contributed by atoms with E-state index >= 15 is 0 Å². The van der Waals surface area contributed by atoms with Crippen LogP contribution in [0.25, 0.3) is 10.1 Å². The van der Waals surface area contributed by atoms with Gasteiger partial charge in [-0.25, -0.2) is 22.3 Å². The molecule has 242 valence electrons. The van der Waals surface area contributed by atoms with Crippen molar-refractivity contribution in [1.29, 1.82) is 0 Å². The standard InChI is InChI=1S/C33H40F2N4O4S2/c1-42-29-18-24(45(36,40)41)11-12-27(29)37-15-3-6-30-26(19-31(34)35)25-4-2-5-28(32(25)44-30)38-22-7-9-23(10-8-22)39-16-13-33(14-17-39)20-43-21-33/h2,4-5,11-12,18,22-23,31,37-38H,7-10,13-17,19-21H2,1H3,(H2,36,40,41). The zero-order valence-corrected chi connectivity index (χ0v) is 27.0. The monoisotopic (exact) mass is 658 g/mol. The molecular weight excluding hydrogens is 619 g/mol. The predicted molar refractivity (Wildman–Crippen MR) is 175 cm³/mol. The van der Waals surface area contributed by atoms with Gasteiger partial charge in [0.25, 0.3) is 0 Å². The number of alkyl halides is 2. The van der Waals surface area contributed by atoms with Crippen LogP contribution >= 0.6 is 11.3 Å². The van der Waals surface area contributed by atoms with Gasteiger partial charge in [0.15, 0.2) is 0 Å². The minimum atomic E-state index is -3.87. The Morgan fingerprint density at radius 2 is 1.89 bits per heavy atom. The number of hydrogen-bond acceptors (Lipinski definition) is 8. The molecule has 0 amide bonds. The maximum atomic E-state index is 13.7. The second-order valence-electron chi connectivity index (χ2n) is 12.4. The fraction of sp³-hybridized carbons (Fsp3) is 0.515. The second-order valence-corrected chi connectivity index (χ2v) is 15.0. The predicted octanol–water partition coefficient (Wildman–Crippen LogP) is 5.66. The summed E-state index contributed by atoms with van der Waals surface area (Å²) in [5.41, 5.74) is 2.54. The summed E-state index contributed by atoms with van der Waals surface area (Å²) in [6.45, 7) is 4.42. The molecule has 0 radical (unpaired) electrons. The third kappa shape index (κ3) is 7.23. The number of hydrogen-bond donors (Lipinski definition) is 3. The largest absolute Gasteiger partial charge is 0.495 e. The summed E-state index contributed by atoms with van der Waals surface area (Å²) in [6.07, 6.45) is 4.14. The molecule has 3 heterocycles. The van der Waals surface area contributed by atoms with Crippen LogP contribution in [0.1, 0.15) is 49.0 Å². The normalized spacial score (nSPS) is 21.7. The molecule has 2 aromatic carbocycles. The van der Waals surface area contributed by atoms with E-state index in [9.17, 15) is 17.2 Å². The summed E-state index contributed by atoms with van der Waals surface area (Å²) in [7, 11) is -2.44. The minimum Gasteiger partial charge on any atom is -0.495 e. The van der Waals surface area contributed by atoms with Crippen molar-refractivity contribution in [3.63, 3.8) is 0 Å². The molecule has 12 heteroatoms. The first kappa shape index (κ1) is 32.0. The van der Waals surface area contributed by atoms with Gasteiger partial charge in [-0.1, -0.05) is 24.0 Å². The van der Waals surface area contributed by atoms with E-state index in [0.717, 1.165) is 54.7 Å². The molecule has 6 rings (SSSR count). The molecule has 45 heavy (non-hydrogen) atoms. The number of nitrogens with two attached hydrogens (primary N) is 1. The third-order valence-electron chi connectivity index (χ3n) is 9.50. The maximum absolute atomic E-state index is 13.7. The van der Waals surface area contributed by atoms with Crippen molar-refractivity contribution in [2.75, 3.05) is 50.6 Å². The molecular formula is C33H40F2N4O4S2. The van der Waals surface area contributed by atoms with Crippen molar-refractivity contribution in [1.82, 2.24) is 4.90 Å². The lowest BCUT2D eigenvalue weighted by Crippen LogP contribution is -2.53. The van der Waals surface area contributed by atoms with E-state index in [1.807, 2.05) is 18.2 Å². The topological polar surface area (TPSA) is 106 Å². The molecule has 0 unspecified atom stereocenters. The van der Waals surface area contributed by atoms with Crippen molar-refractivity contribution in [3.8, 4) is 17.6 Å². The zero-order chi connectivity index (χ0) is 31.6. The van der Waals surface area contributed by atoms with Crippen molar-refractivity contribution in [3.05, 3.63) is 46.8 Å². The molecule has 3 aromatic rings. The lowest BCUT2D eigenvalue weighted by molar-refractivity contribution is -0.143. The van der Waals surface area contributed by atoms with Gasteiger partial charge in [0, 0.05) is 30.0 Å². The minimum absolute atomic E-state index is 0.0602.